The number of carbonyl (C=O) groups is 2. The van der Waals surface area contributed by atoms with Gasteiger partial charge in [0, 0.05) is 23.0 Å². The summed E-state index contributed by atoms with van der Waals surface area (Å²) >= 11 is 11.6. The molecule has 0 radical (unpaired) electrons. The highest BCUT2D eigenvalue weighted by atomic mass is 35.5. The lowest BCUT2D eigenvalue weighted by molar-refractivity contribution is -0.126. The van der Waals surface area contributed by atoms with Crippen LogP contribution in [-0.2, 0) is 22.6 Å². The summed E-state index contributed by atoms with van der Waals surface area (Å²) in [6, 6.07) is 14.8. The molecule has 0 bridgehead atoms. The van der Waals surface area contributed by atoms with Gasteiger partial charge in [0.05, 0.1) is 6.54 Å². The monoisotopic (exact) mass is 378 g/mol. The first kappa shape index (κ1) is 19.3. The number of carbonyl (C=O) groups excluding carboxylic acids is 2. The van der Waals surface area contributed by atoms with E-state index in [4.69, 9.17) is 23.2 Å². The summed E-state index contributed by atoms with van der Waals surface area (Å²) in [6.45, 7) is 0.385. The maximum atomic E-state index is 11.8. The van der Waals surface area contributed by atoms with E-state index in [1.165, 1.54) is 0 Å². The number of aryl methyl sites for hydroxylation is 1. The molecule has 0 atom stereocenters. The second-order valence-electron chi connectivity index (χ2n) is 5.66. The normalized spacial score (nSPS) is 10.3. The van der Waals surface area contributed by atoms with E-state index >= 15 is 0 Å². The Morgan fingerprint density at radius 2 is 1.32 bits per heavy atom. The van der Waals surface area contributed by atoms with Crippen LogP contribution in [0.2, 0.25) is 10.0 Å². The van der Waals surface area contributed by atoms with Gasteiger partial charge in [-0.2, -0.15) is 0 Å². The Balaban J connectivity index is 1.59. The van der Waals surface area contributed by atoms with Crippen LogP contribution in [0.15, 0.2) is 48.5 Å². The van der Waals surface area contributed by atoms with Gasteiger partial charge in [-0.3, -0.25) is 9.59 Å². The fourth-order valence-electron chi connectivity index (χ4n) is 2.24. The first-order chi connectivity index (χ1) is 12.0. The summed E-state index contributed by atoms with van der Waals surface area (Å²) < 4.78 is 0. The first-order valence-electron chi connectivity index (χ1n) is 8.05. The molecule has 2 amide bonds. The highest BCUT2D eigenvalue weighted by molar-refractivity contribution is 6.30. The van der Waals surface area contributed by atoms with Crippen molar-refractivity contribution in [1.82, 2.24) is 10.6 Å². The highest BCUT2D eigenvalue weighted by Crippen LogP contribution is 2.11. The SMILES string of the molecule is O=C(CCCc1ccc(Cl)cc1)NCC(=O)NCc1ccc(Cl)cc1. The predicted octanol–water partition coefficient (Wildman–Crippen LogP) is 3.75. The Morgan fingerprint density at radius 1 is 0.760 bits per heavy atom. The minimum atomic E-state index is -0.221. The number of halogens is 2. The standard InChI is InChI=1S/C19H20Cl2N2O2/c20-16-8-4-14(5-9-16)2-1-3-18(24)23-13-19(25)22-12-15-6-10-17(21)11-7-15/h4-11H,1-3,12-13H2,(H,22,25)(H,23,24). The van der Waals surface area contributed by atoms with E-state index in [1.807, 2.05) is 36.4 Å². The van der Waals surface area contributed by atoms with Crippen molar-refractivity contribution in [2.45, 2.75) is 25.8 Å². The molecule has 2 N–H and O–H groups in total. The van der Waals surface area contributed by atoms with E-state index in [0.717, 1.165) is 24.0 Å². The molecule has 2 aromatic rings. The van der Waals surface area contributed by atoms with Crippen molar-refractivity contribution in [1.29, 1.82) is 0 Å². The first-order valence-corrected chi connectivity index (χ1v) is 8.81. The molecule has 0 fully saturated rings. The van der Waals surface area contributed by atoms with Crippen molar-refractivity contribution < 1.29 is 9.59 Å². The van der Waals surface area contributed by atoms with E-state index in [1.54, 1.807) is 12.1 Å². The summed E-state index contributed by atoms with van der Waals surface area (Å²) in [5.41, 5.74) is 2.09. The molecule has 0 unspecified atom stereocenters. The molecular formula is C19H20Cl2N2O2. The van der Waals surface area contributed by atoms with Crippen LogP contribution in [0.4, 0.5) is 0 Å². The number of hydrogen-bond acceptors (Lipinski definition) is 2. The molecule has 132 valence electrons. The van der Waals surface area contributed by atoms with E-state index in [-0.39, 0.29) is 18.4 Å². The summed E-state index contributed by atoms with van der Waals surface area (Å²) in [5.74, 6) is -0.350. The Bertz CT molecular complexity index is 700. The van der Waals surface area contributed by atoms with Crippen molar-refractivity contribution in [3.8, 4) is 0 Å². The number of amides is 2. The molecule has 2 rings (SSSR count). The summed E-state index contributed by atoms with van der Waals surface area (Å²) in [5, 5.41) is 6.74. The smallest absolute Gasteiger partial charge is 0.239 e. The van der Waals surface area contributed by atoms with Crippen LogP contribution in [-0.4, -0.2) is 18.4 Å². The molecule has 6 heteroatoms. The second kappa shape index (κ2) is 10.1. The zero-order valence-corrected chi connectivity index (χ0v) is 15.2. The average Bonchev–Trinajstić information content (AvgIpc) is 2.61. The van der Waals surface area contributed by atoms with E-state index in [9.17, 15) is 9.59 Å². The van der Waals surface area contributed by atoms with Crippen LogP contribution < -0.4 is 10.6 Å². The van der Waals surface area contributed by atoms with E-state index in [0.29, 0.717) is 23.0 Å². The average molecular weight is 379 g/mol. The lowest BCUT2D eigenvalue weighted by Crippen LogP contribution is -2.36. The molecule has 0 saturated heterocycles. The van der Waals surface area contributed by atoms with Crippen molar-refractivity contribution >= 4 is 35.0 Å². The zero-order chi connectivity index (χ0) is 18.1. The van der Waals surface area contributed by atoms with Gasteiger partial charge in [0.25, 0.3) is 0 Å². The summed E-state index contributed by atoms with van der Waals surface area (Å²) in [6.07, 6.45) is 1.90. The molecule has 4 nitrogen and oxygen atoms in total. The molecular weight excluding hydrogens is 359 g/mol. The molecule has 2 aromatic carbocycles. The van der Waals surface area contributed by atoms with Crippen molar-refractivity contribution in [2.24, 2.45) is 0 Å². The van der Waals surface area contributed by atoms with E-state index < -0.39 is 0 Å². The zero-order valence-electron chi connectivity index (χ0n) is 13.7. The van der Waals surface area contributed by atoms with Crippen LogP contribution in [0.1, 0.15) is 24.0 Å². The van der Waals surface area contributed by atoms with Crippen LogP contribution in [0.25, 0.3) is 0 Å². The van der Waals surface area contributed by atoms with Gasteiger partial charge in [-0.1, -0.05) is 47.5 Å². The van der Waals surface area contributed by atoms with Crippen molar-refractivity contribution in [3.63, 3.8) is 0 Å². The maximum absolute atomic E-state index is 11.8. The van der Waals surface area contributed by atoms with Crippen LogP contribution in [0, 0.1) is 0 Å². The third-order valence-corrected chi connectivity index (χ3v) is 4.14. The van der Waals surface area contributed by atoms with Crippen LogP contribution >= 0.6 is 23.2 Å². The predicted molar refractivity (Wildman–Crippen MR) is 101 cm³/mol. The van der Waals surface area contributed by atoms with Crippen LogP contribution in [0.5, 0.6) is 0 Å². The van der Waals surface area contributed by atoms with Gasteiger partial charge in [-0.25, -0.2) is 0 Å². The Hall–Kier alpha value is -2.04. The van der Waals surface area contributed by atoms with Gasteiger partial charge >= 0.3 is 0 Å². The third kappa shape index (κ3) is 7.59. The number of nitrogens with one attached hydrogen (secondary N) is 2. The quantitative estimate of drug-likeness (QED) is 0.734. The largest absolute Gasteiger partial charge is 0.350 e. The maximum Gasteiger partial charge on any atom is 0.239 e. The number of hydrogen-bond donors (Lipinski definition) is 2. The fraction of sp³-hybridized carbons (Fsp3) is 0.263. The number of benzene rings is 2. The third-order valence-electron chi connectivity index (χ3n) is 3.63. The Morgan fingerprint density at radius 3 is 1.92 bits per heavy atom. The van der Waals surface area contributed by atoms with Gasteiger partial charge in [0.2, 0.25) is 11.8 Å². The molecule has 0 spiro atoms. The lowest BCUT2D eigenvalue weighted by Gasteiger charge is -2.07. The number of rotatable bonds is 8. The van der Waals surface area contributed by atoms with Gasteiger partial charge in [-0.05, 0) is 48.2 Å². The topological polar surface area (TPSA) is 58.2 Å². The summed E-state index contributed by atoms with van der Waals surface area (Å²) in [4.78, 5) is 23.5. The Kier molecular flexibility index (Phi) is 7.76. The van der Waals surface area contributed by atoms with Crippen molar-refractivity contribution in [2.75, 3.05) is 6.54 Å². The van der Waals surface area contributed by atoms with Gasteiger partial charge < -0.3 is 10.6 Å². The molecule has 0 aliphatic carbocycles. The lowest BCUT2D eigenvalue weighted by atomic mass is 10.1. The molecule has 0 saturated carbocycles. The van der Waals surface area contributed by atoms with E-state index in [2.05, 4.69) is 10.6 Å². The van der Waals surface area contributed by atoms with Gasteiger partial charge in [0.15, 0.2) is 0 Å². The Labute approximate surface area is 157 Å². The van der Waals surface area contributed by atoms with Crippen molar-refractivity contribution in [3.05, 3.63) is 69.7 Å². The minimum absolute atomic E-state index is 0.0205. The molecule has 0 heterocycles. The molecule has 0 aliphatic heterocycles. The molecule has 25 heavy (non-hydrogen) atoms. The van der Waals surface area contributed by atoms with Gasteiger partial charge in [-0.15, -0.1) is 0 Å². The second-order valence-corrected chi connectivity index (χ2v) is 6.53. The summed E-state index contributed by atoms with van der Waals surface area (Å²) in [7, 11) is 0. The molecule has 0 aromatic heterocycles. The van der Waals surface area contributed by atoms with Crippen LogP contribution in [0.3, 0.4) is 0 Å². The fourth-order valence-corrected chi connectivity index (χ4v) is 2.49. The minimum Gasteiger partial charge on any atom is -0.350 e. The highest BCUT2D eigenvalue weighted by Gasteiger charge is 2.06. The van der Waals surface area contributed by atoms with Gasteiger partial charge in [0.1, 0.15) is 0 Å². The molecule has 0 aliphatic rings.